The first-order chi connectivity index (χ1) is 9.60. The maximum absolute atomic E-state index is 11.8. The minimum absolute atomic E-state index is 0.0620. The molecule has 1 unspecified atom stereocenters. The summed E-state index contributed by atoms with van der Waals surface area (Å²) in [4.78, 5) is 23.6. The molecular weight excluding hydrogens is 254 g/mol. The smallest absolute Gasteiger partial charge is 0.251 e. The summed E-state index contributed by atoms with van der Waals surface area (Å²) in [7, 11) is 0. The minimum atomic E-state index is -0.488. The summed E-state index contributed by atoms with van der Waals surface area (Å²) in [6.07, 6.45) is 3.66. The Hall–Kier alpha value is -1.88. The molecule has 1 aliphatic rings. The number of amides is 2. The number of benzene rings is 1. The van der Waals surface area contributed by atoms with Crippen molar-refractivity contribution >= 4 is 17.5 Å². The average molecular weight is 275 g/mol. The molecule has 5 heteroatoms. The molecule has 0 radical (unpaired) electrons. The third-order valence-electron chi connectivity index (χ3n) is 3.26. The Kier molecular flexibility index (Phi) is 4.74. The van der Waals surface area contributed by atoms with Gasteiger partial charge in [0.1, 0.15) is 0 Å². The molecule has 0 spiro atoms. The van der Waals surface area contributed by atoms with Gasteiger partial charge in [-0.3, -0.25) is 9.59 Å². The maximum atomic E-state index is 11.8. The standard InChI is InChI=1S/C15H21N3O2/c1-2-3-13(16)15(20)18-11-6-4-10(5-7-11)14(19)17-12-8-9-12/h4-7,12-13H,2-3,8-9,16H2,1H3,(H,17,19)(H,18,20). The van der Waals surface area contributed by atoms with Crippen molar-refractivity contribution in [3.8, 4) is 0 Å². The van der Waals surface area contributed by atoms with Crippen molar-refractivity contribution in [3.63, 3.8) is 0 Å². The van der Waals surface area contributed by atoms with Crippen LogP contribution in [0, 0.1) is 0 Å². The van der Waals surface area contributed by atoms with Crippen LogP contribution < -0.4 is 16.4 Å². The Bertz CT molecular complexity index is 480. The van der Waals surface area contributed by atoms with Gasteiger partial charge in [0, 0.05) is 17.3 Å². The third-order valence-corrected chi connectivity index (χ3v) is 3.26. The lowest BCUT2D eigenvalue weighted by Gasteiger charge is -2.11. The van der Waals surface area contributed by atoms with Gasteiger partial charge in [0.05, 0.1) is 6.04 Å². The highest BCUT2D eigenvalue weighted by Gasteiger charge is 2.23. The van der Waals surface area contributed by atoms with Crippen molar-refractivity contribution in [1.29, 1.82) is 0 Å². The van der Waals surface area contributed by atoms with E-state index >= 15 is 0 Å². The van der Waals surface area contributed by atoms with Crippen molar-refractivity contribution in [2.75, 3.05) is 5.32 Å². The number of carbonyl (C=O) groups is 2. The zero-order valence-electron chi connectivity index (χ0n) is 11.7. The first-order valence-corrected chi connectivity index (χ1v) is 7.07. The van der Waals surface area contributed by atoms with Crippen LogP contribution in [0.3, 0.4) is 0 Å². The number of hydrogen-bond acceptors (Lipinski definition) is 3. The zero-order valence-corrected chi connectivity index (χ0v) is 11.7. The van der Waals surface area contributed by atoms with Crippen LogP contribution in [-0.2, 0) is 4.79 Å². The van der Waals surface area contributed by atoms with E-state index in [0.29, 0.717) is 23.7 Å². The highest BCUT2D eigenvalue weighted by molar-refractivity contribution is 5.97. The second kappa shape index (κ2) is 6.52. The summed E-state index contributed by atoms with van der Waals surface area (Å²) in [6.45, 7) is 1.99. The van der Waals surface area contributed by atoms with Crippen molar-refractivity contribution < 1.29 is 9.59 Å². The van der Waals surface area contributed by atoms with Crippen molar-refractivity contribution in [2.24, 2.45) is 5.73 Å². The summed E-state index contributed by atoms with van der Waals surface area (Å²) in [6, 6.07) is 6.71. The predicted molar refractivity (Wildman–Crippen MR) is 78.4 cm³/mol. The summed E-state index contributed by atoms with van der Waals surface area (Å²) in [5, 5.41) is 5.67. The minimum Gasteiger partial charge on any atom is -0.349 e. The molecule has 0 bridgehead atoms. The fourth-order valence-electron chi connectivity index (χ4n) is 1.88. The number of carbonyl (C=O) groups excluding carboxylic acids is 2. The zero-order chi connectivity index (χ0) is 14.5. The third kappa shape index (κ3) is 4.06. The molecule has 1 atom stereocenters. The molecule has 1 aromatic carbocycles. The molecule has 20 heavy (non-hydrogen) atoms. The molecule has 4 N–H and O–H groups in total. The molecular formula is C15H21N3O2. The van der Waals surface area contributed by atoms with Crippen LogP contribution >= 0.6 is 0 Å². The summed E-state index contributed by atoms with van der Waals surface area (Å²) < 4.78 is 0. The summed E-state index contributed by atoms with van der Waals surface area (Å²) in [5.74, 6) is -0.255. The fraction of sp³-hybridized carbons (Fsp3) is 0.467. The van der Waals surface area contributed by atoms with E-state index in [9.17, 15) is 9.59 Å². The van der Waals surface area contributed by atoms with Crippen molar-refractivity contribution in [2.45, 2.75) is 44.7 Å². The number of anilines is 1. The van der Waals surface area contributed by atoms with Gasteiger partial charge >= 0.3 is 0 Å². The van der Waals surface area contributed by atoms with Gasteiger partial charge in [0.15, 0.2) is 0 Å². The second-order valence-corrected chi connectivity index (χ2v) is 5.21. The molecule has 108 valence electrons. The maximum Gasteiger partial charge on any atom is 0.251 e. The molecule has 1 fully saturated rings. The molecule has 1 aliphatic carbocycles. The van der Waals surface area contributed by atoms with Gasteiger partial charge in [-0.1, -0.05) is 13.3 Å². The Morgan fingerprint density at radius 3 is 2.50 bits per heavy atom. The SMILES string of the molecule is CCCC(N)C(=O)Nc1ccc(C(=O)NC2CC2)cc1. The normalized spacial score (nSPS) is 15.5. The van der Waals surface area contributed by atoms with Crippen LogP contribution in [0.4, 0.5) is 5.69 Å². The van der Waals surface area contributed by atoms with Crippen LogP contribution in [0.1, 0.15) is 43.0 Å². The van der Waals surface area contributed by atoms with E-state index < -0.39 is 6.04 Å². The van der Waals surface area contributed by atoms with Gasteiger partial charge in [0.2, 0.25) is 5.91 Å². The Labute approximate surface area is 118 Å². The predicted octanol–water partition coefficient (Wildman–Crippen LogP) is 1.64. The van der Waals surface area contributed by atoms with E-state index in [0.717, 1.165) is 19.3 Å². The van der Waals surface area contributed by atoms with Crippen LogP contribution in [0.5, 0.6) is 0 Å². The fourth-order valence-corrected chi connectivity index (χ4v) is 1.88. The topological polar surface area (TPSA) is 84.2 Å². The molecule has 0 aliphatic heterocycles. The molecule has 2 amide bonds. The monoisotopic (exact) mass is 275 g/mol. The second-order valence-electron chi connectivity index (χ2n) is 5.21. The number of hydrogen-bond donors (Lipinski definition) is 3. The molecule has 0 saturated heterocycles. The largest absolute Gasteiger partial charge is 0.349 e. The Morgan fingerprint density at radius 2 is 1.95 bits per heavy atom. The molecule has 1 saturated carbocycles. The molecule has 1 aromatic rings. The Balaban J connectivity index is 1.90. The van der Waals surface area contributed by atoms with Gasteiger partial charge in [0.25, 0.3) is 5.91 Å². The van der Waals surface area contributed by atoms with Crippen molar-refractivity contribution in [1.82, 2.24) is 5.32 Å². The first-order valence-electron chi connectivity index (χ1n) is 7.07. The van der Waals surface area contributed by atoms with Gasteiger partial charge in [-0.15, -0.1) is 0 Å². The van der Waals surface area contributed by atoms with Gasteiger partial charge < -0.3 is 16.4 Å². The highest BCUT2D eigenvalue weighted by atomic mass is 16.2. The first kappa shape index (κ1) is 14.5. The van der Waals surface area contributed by atoms with Gasteiger partial charge in [-0.2, -0.15) is 0 Å². The van der Waals surface area contributed by atoms with Gasteiger partial charge in [-0.25, -0.2) is 0 Å². The summed E-state index contributed by atoms with van der Waals surface area (Å²) >= 11 is 0. The van der Waals surface area contributed by atoms with Crippen LogP contribution in [-0.4, -0.2) is 23.9 Å². The molecule has 2 rings (SSSR count). The van der Waals surface area contributed by atoms with Crippen molar-refractivity contribution in [3.05, 3.63) is 29.8 Å². The number of rotatable bonds is 6. The number of nitrogens with one attached hydrogen (secondary N) is 2. The van der Waals surface area contributed by atoms with Gasteiger partial charge in [-0.05, 0) is 43.5 Å². The summed E-state index contributed by atoms with van der Waals surface area (Å²) in [5.41, 5.74) is 7.00. The quantitative estimate of drug-likeness (QED) is 0.738. The lowest BCUT2D eigenvalue weighted by molar-refractivity contribution is -0.117. The van der Waals surface area contributed by atoms with Crippen LogP contribution in [0.25, 0.3) is 0 Å². The Morgan fingerprint density at radius 1 is 1.30 bits per heavy atom. The van der Waals surface area contributed by atoms with Crippen LogP contribution in [0.15, 0.2) is 24.3 Å². The van der Waals surface area contributed by atoms with E-state index in [1.54, 1.807) is 24.3 Å². The van der Waals surface area contributed by atoms with Crippen LogP contribution in [0.2, 0.25) is 0 Å². The van der Waals surface area contributed by atoms with E-state index in [4.69, 9.17) is 5.73 Å². The lowest BCUT2D eigenvalue weighted by Crippen LogP contribution is -2.35. The molecule has 0 heterocycles. The van der Waals surface area contributed by atoms with E-state index in [-0.39, 0.29) is 11.8 Å². The van der Waals surface area contributed by atoms with E-state index in [1.165, 1.54) is 0 Å². The highest BCUT2D eigenvalue weighted by Crippen LogP contribution is 2.19. The van der Waals surface area contributed by atoms with E-state index in [2.05, 4.69) is 10.6 Å². The molecule has 0 aromatic heterocycles. The molecule has 5 nitrogen and oxygen atoms in total. The average Bonchev–Trinajstić information content (AvgIpc) is 3.23. The lowest BCUT2D eigenvalue weighted by atomic mass is 10.1. The van der Waals surface area contributed by atoms with E-state index in [1.807, 2.05) is 6.92 Å². The number of nitrogens with two attached hydrogens (primary N) is 1.